The van der Waals surface area contributed by atoms with Crippen molar-refractivity contribution in [1.82, 2.24) is 20.1 Å². The van der Waals surface area contributed by atoms with Gasteiger partial charge in [-0.05, 0) is 32.2 Å². The second-order valence-electron chi connectivity index (χ2n) is 4.52. The first-order valence-corrected chi connectivity index (χ1v) is 6.65. The highest BCUT2D eigenvalue weighted by molar-refractivity contribution is 5.06. The molecule has 19 heavy (non-hydrogen) atoms. The molecule has 6 nitrogen and oxygen atoms in total. The minimum atomic E-state index is -0.450. The summed E-state index contributed by atoms with van der Waals surface area (Å²) < 4.78 is 1.65. The Balaban J connectivity index is 2.48. The SMILES string of the molecule is CCCNC(C#N)(CC)CCCn1cnc(C#N)n1. The van der Waals surface area contributed by atoms with E-state index >= 15 is 0 Å². The maximum absolute atomic E-state index is 9.35. The van der Waals surface area contributed by atoms with Crippen molar-refractivity contribution < 1.29 is 0 Å². The van der Waals surface area contributed by atoms with E-state index in [-0.39, 0.29) is 5.82 Å². The standard InChI is InChI=1S/C13H20N6/c1-3-7-17-13(4-2,10-15)6-5-8-19-11-16-12(9-14)18-19/h11,17H,3-8H2,1-2H3. The van der Waals surface area contributed by atoms with Crippen LogP contribution < -0.4 is 5.32 Å². The van der Waals surface area contributed by atoms with Crippen LogP contribution in [-0.4, -0.2) is 26.8 Å². The number of hydrogen-bond donors (Lipinski definition) is 1. The molecule has 0 spiro atoms. The molecule has 1 unspecified atom stereocenters. The first-order valence-electron chi connectivity index (χ1n) is 6.65. The van der Waals surface area contributed by atoms with E-state index in [1.54, 1.807) is 11.0 Å². The van der Waals surface area contributed by atoms with Crippen LogP contribution in [0.25, 0.3) is 0 Å². The lowest BCUT2D eigenvalue weighted by atomic mass is 9.92. The Morgan fingerprint density at radius 1 is 1.42 bits per heavy atom. The Hall–Kier alpha value is -1.92. The van der Waals surface area contributed by atoms with E-state index in [4.69, 9.17) is 5.26 Å². The fourth-order valence-corrected chi connectivity index (χ4v) is 1.93. The van der Waals surface area contributed by atoms with E-state index in [0.717, 1.165) is 32.2 Å². The molecule has 0 aliphatic heterocycles. The van der Waals surface area contributed by atoms with Gasteiger partial charge in [-0.3, -0.25) is 10.00 Å². The van der Waals surface area contributed by atoms with Crippen LogP contribution in [0, 0.1) is 22.7 Å². The van der Waals surface area contributed by atoms with E-state index in [0.29, 0.717) is 6.54 Å². The summed E-state index contributed by atoms with van der Waals surface area (Å²) in [7, 11) is 0. The van der Waals surface area contributed by atoms with E-state index in [1.165, 1.54) is 0 Å². The van der Waals surface area contributed by atoms with Crippen LogP contribution in [0.2, 0.25) is 0 Å². The third-order valence-electron chi connectivity index (χ3n) is 3.16. The molecule has 0 fully saturated rings. The van der Waals surface area contributed by atoms with Gasteiger partial charge in [-0.25, -0.2) is 4.98 Å². The van der Waals surface area contributed by atoms with Gasteiger partial charge < -0.3 is 0 Å². The largest absolute Gasteiger partial charge is 0.299 e. The van der Waals surface area contributed by atoms with Gasteiger partial charge in [0.2, 0.25) is 0 Å². The second-order valence-corrected chi connectivity index (χ2v) is 4.52. The van der Waals surface area contributed by atoms with Crippen LogP contribution in [0.3, 0.4) is 0 Å². The summed E-state index contributed by atoms with van der Waals surface area (Å²) in [5.74, 6) is 0.186. The Morgan fingerprint density at radius 3 is 2.74 bits per heavy atom. The van der Waals surface area contributed by atoms with Crippen molar-refractivity contribution in [2.24, 2.45) is 0 Å². The number of aromatic nitrogens is 3. The molecule has 1 atom stereocenters. The summed E-state index contributed by atoms with van der Waals surface area (Å²) in [4.78, 5) is 3.85. The third kappa shape index (κ3) is 4.35. The Bertz CT molecular complexity index is 466. The number of nitrogens with zero attached hydrogens (tertiary/aromatic N) is 5. The number of aryl methyl sites for hydroxylation is 1. The zero-order valence-corrected chi connectivity index (χ0v) is 11.6. The predicted molar refractivity (Wildman–Crippen MR) is 70.9 cm³/mol. The van der Waals surface area contributed by atoms with E-state index in [1.807, 2.05) is 13.0 Å². The van der Waals surface area contributed by atoms with Gasteiger partial charge in [0.1, 0.15) is 17.9 Å². The summed E-state index contributed by atoms with van der Waals surface area (Å²) in [5.41, 5.74) is -0.450. The summed E-state index contributed by atoms with van der Waals surface area (Å²) in [5, 5.41) is 25.3. The molecule has 0 aliphatic rings. The molecule has 0 amide bonds. The van der Waals surface area contributed by atoms with Crippen molar-refractivity contribution in [2.45, 2.75) is 51.6 Å². The number of hydrogen-bond acceptors (Lipinski definition) is 5. The minimum Gasteiger partial charge on any atom is -0.299 e. The summed E-state index contributed by atoms with van der Waals surface area (Å²) in [6, 6.07) is 4.29. The van der Waals surface area contributed by atoms with Crippen molar-refractivity contribution >= 4 is 0 Å². The number of rotatable bonds is 8. The smallest absolute Gasteiger partial charge is 0.252 e. The molecular formula is C13H20N6. The minimum absolute atomic E-state index is 0.186. The lowest BCUT2D eigenvalue weighted by molar-refractivity contribution is 0.352. The van der Waals surface area contributed by atoms with Crippen molar-refractivity contribution in [2.75, 3.05) is 6.54 Å². The van der Waals surface area contributed by atoms with Crippen LogP contribution in [-0.2, 0) is 6.54 Å². The van der Waals surface area contributed by atoms with Gasteiger partial charge in [0, 0.05) is 6.54 Å². The maximum Gasteiger partial charge on any atom is 0.252 e. The molecule has 1 rings (SSSR count). The molecular weight excluding hydrogens is 240 g/mol. The molecule has 0 radical (unpaired) electrons. The monoisotopic (exact) mass is 260 g/mol. The fraction of sp³-hybridized carbons (Fsp3) is 0.692. The molecule has 0 saturated carbocycles. The van der Waals surface area contributed by atoms with Crippen molar-refractivity contribution in [1.29, 1.82) is 10.5 Å². The van der Waals surface area contributed by atoms with Gasteiger partial charge in [-0.15, -0.1) is 5.10 Å². The van der Waals surface area contributed by atoms with E-state index in [9.17, 15) is 5.26 Å². The normalized spacial score (nSPS) is 13.5. The van der Waals surface area contributed by atoms with Crippen LogP contribution >= 0.6 is 0 Å². The van der Waals surface area contributed by atoms with Gasteiger partial charge >= 0.3 is 0 Å². The third-order valence-corrected chi connectivity index (χ3v) is 3.16. The van der Waals surface area contributed by atoms with Crippen LogP contribution in [0.15, 0.2) is 6.33 Å². The van der Waals surface area contributed by atoms with Gasteiger partial charge in [-0.1, -0.05) is 13.8 Å². The average Bonchev–Trinajstić information content (AvgIpc) is 2.91. The molecule has 102 valence electrons. The van der Waals surface area contributed by atoms with E-state index < -0.39 is 5.54 Å². The van der Waals surface area contributed by atoms with Gasteiger partial charge in [0.15, 0.2) is 0 Å². The highest BCUT2D eigenvalue weighted by atomic mass is 15.3. The highest BCUT2D eigenvalue weighted by Gasteiger charge is 2.26. The lowest BCUT2D eigenvalue weighted by Crippen LogP contribution is -2.43. The maximum atomic E-state index is 9.35. The molecule has 1 N–H and O–H groups in total. The average molecular weight is 260 g/mol. The van der Waals surface area contributed by atoms with Crippen molar-refractivity contribution in [3.8, 4) is 12.1 Å². The topological polar surface area (TPSA) is 90.3 Å². The Kier molecular flexibility index (Phi) is 5.98. The van der Waals surface area contributed by atoms with Gasteiger partial charge in [0.05, 0.1) is 6.07 Å². The number of nitrogens with one attached hydrogen (secondary N) is 1. The summed E-state index contributed by atoms with van der Waals surface area (Å²) in [6.45, 7) is 5.63. The molecule has 6 heteroatoms. The van der Waals surface area contributed by atoms with Gasteiger partial charge in [-0.2, -0.15) is 10.5 Å². The zero-order chi connectivity index (χ0) is 14.1. The lowest BCUT2D eigenvalue weighted by Gasteiger charge is -2.26. The van der Waals surface area contributed by atoms with Crippen molar-refractivity contribution in [3.05, 3.63) is 12.2 Å². The quantitative estimate of drug-likeness (QED) is 0.766. The molecule has 1 aromatic heterocycles. The molecule has 0 aromatic carbocycles. The summed E-state index contributed by atoms with van der Waals surface area (Å²) in [6.07, 6.45) is 4.94. The molecule has 0 aliphatic carbocycles. The van der Waals surface area contributed by atoms with E-state index in [2.05, 4.69) is 28.4 Å². The predicted octanol–water partition coefficient (Wildman–Crippen LogP) is 1.60. The van der Waals surface area contributed by atoms with Crippen LogP contribution in [0.5, 0.6) is 0 Å². The summed E-state index contributed by atoms with van der Waals surface area (Å²) >= 11 is 0. The van der Waals surface area contributed by atoms with Crippen LogP contribution in [0.4, 0.5) is 0 Å². The highest BCUT2D eigenvalue weighted by Crippen LogP contribution is 2.17. The zero-order valence-electron chi connectivity index (χ0n) is 11.6. The molecule has 0 saturated heterocycles. The fourth-order valence-electron chi connectivity index (χ4n) is 1.93. The molecule has 1 aromatic rings. The first kappa shape index (κ1) is 15.1. The Morgan fingerprint density at radius 2 is 2.21 bits per heavy atom. The Labute approximate surface area is 114 Å². The first-order chi connectivity index (χ1) is 9.19. The second kappa shape index (κ2) is 7.50. The van der Waals surface area contributed by atoms with Crippen molar-refractivity contribution in [3.63, 3.8) is 0 Å². The van der Waals surface area contributed by atoms with Crippen LogP contribution in [0.1, 0.15) is 45.4 Å². The molecule has 1 heterocycles. The number of nitriles is 2. The molecule has 0 bridgehead atoms. The van der Waals surface area contributed by atoms with Gasteiger partial charge in [0.25, 0.3) is 5.82 Å².